The summed E-state index contributed by atoms with van der Waals surface area (Å²) in [6.45, 7) is 4.82. The van der Waals surface area contributed by atoms with Crippen LogP contribution in [0, 0.1) is 5.82 Å². The molecule has 0 fully saturated rings. The molecule has 2 atom stereocenters. The van der Waals surface area contributed by atoms with E-state index >= 15 is 0 Å². The van der Waals surface area contributed by atoms with E-state index in [1.807, 2.05) is 45.5 Å². The van der Waals surface area contributed by atoms with Crippen LogP contribution in [0.25, 0.3) is 0 Å². The number of rotatable bonds is 13. The largest absolute Gasteiger partial charge is 0.491 e. The minimum Gasteiger partial charge on any atom is -0.491 e. The molecule has 2 unspecified atom stereocenters. The zero-order valence-corrected chi connectivity index (χ0v) is 22.0. The maximum Gasteiger partial charge on any atom is 0.237 e. The summed E-state index contributed by atoms with van der Waals surface area (Å²) < 4.78 is 25.3. The van der Waals surface area contributed by atoms with Crippen molar-refractivity contribution in [3.05, 3.63) is 87.9 Å². The van der Waals surface area contributed by atoms with Crippen molar-refractivity contribution in [3.8, 4) is 5.75 Å². The Balaban J connectivity index is 1.35. The van der Waals surface area contributed by atoms with Crippen LogP contribution in [0.2, 0.25) is 0 Å². The van der Waals surface area contributed by atoms with Crippen LogP contribution in [-0.4, -0.2) is 66.3 Å². The van der Waals surface area contributed by atoms with Gasteiger partial charge in [0.05, 0.1) is 31.9 Å². The summed E-state index contributed by atoms with van der Waals surface area (Å²) in [5.41, 5.74) is 2.15. The number of nitrogens with zero attached hydrogens (tertiary/aromatic N) is 2. The van der Waals surface area contributed by atoms with E-state index in [1.54, 1.807) is 23.5 Å². The number of carbonyl (C=O) groups excluding carboxylic acids is 1. The molecule has 1 aliphatic heterocycles. The van der Waals surface area contributed by atoms with Crippen molar-refractivity contribution in [3.63, 3.8) is 0 Å². The van der Waals surface area contributed by atoms with E-state index in [4.69, 9.17) is 9.47 Å². The van der Waals surface area contributed by atoms with Crippen LogP contribution < -0.4 is 4.74 Å². The molecule has 0 bridgehead atoms. The minimum atomic E-state index is -0.694. The molecule has 6 nitrogen and oxygen atoms in total. The van der Waals surface area contributed by atoms with Gasteiger partial charge in [0, 0.05) is 24.0 Å². The Labute approximate surface area is 222 Å². The Morgan fingerprint density at radius 2 is 2.05 bits per heavy atom. The molecule has 2 aromatic carbocycles. The van der Waals surface area contributed by atoms with Crippen molar-refractivity contribution in [1.82, 2.24) is 9.80 Å². The number of amides is 1. The molecule has 0 saturated heterocycles. The Hall–Kier alpha value is -2.78. The van der Waals surface area contributed by atoms with E-state index in [-0.39, 0.29) is 37.5 Å². The summed E-state index contributed by atoms with van der Waals surface area (Å²) >= 11 is 1.69. The number of benzene rings is 2. The second-order valence-corrected chi connectivity index (χ2v) is 10.3. The first kappa shape index (κ1) is 27.3. The summed E-state index contributed by atoms with van der Waals surface area (Å²) in [4.78, 5) is 18.7. The van der Waals surface area contributed by atoms with Gasteiger partial charge in [-0.15, -0.1) is 11.3 Å². The molecule has 2 heterocycles. The summed E-state index contributed by atoms with van der Waals surface area (Å²) in [5.74, 6) is 0.0864. The number of ether oxygens (including phenoxy) is 2. The first-order valence-electron chi connectivity index (χ1n) is 12.8. The van der Waals surface area contributed by atoms with Crippen LogP contribution in [0.5, 0.6) is 5.75 Å². The summed E-state index contributed by atoms with van der Waals surface area (Å²) in [7, 11) is 0. The van der Waals surface area contributed by atoms with Gasteiger partial charge < -0.3 is 19.5 Å². The lowest BCUT2D eigenvalue weighted by molar-refractivity contribution is -0.136. The molecule has 3 aromatic rings. The van der Waals surface area contributed by atoms with E-state index in [0.29, 0.717) is 32.0 Å². The topological polar surface area (TPSA) is 62.2 Å². The van der Waals surface area contributed by atoms with Crippen molar-refractivity contribution in [2.24, 2.45) is 0 Å². The summed E-state index contributed by atoms with van der Waals surface area (Å²) in [6.07, 6.45) is 0.977. The van der Waals surface area contributed by atoms with Gasteiger partial charge in [-0.1, -0.05) is 43.3 Å². The SMILES string of the molecule is CCCN(CC(=O)N1CCc2sccc2C1COc1cccc(F)c1)CC(O)COCc1ccccc1. The van der Waals surface area contributed by atoms with Crippen LogP contribution in [0.4, 0.5) is 4.39 Å². The zero-order valence-electron chi connectivity index (χ0n) is 21.2. The van der Waals surface area contributed by atoms with Crippen LogP contribution in [0.15, 0.2) is 66.0 Å². The van der Waals surface area contributed by atoms with Crippen molar-refractivity contribution < 1.29 is 23.8 Å². The molecule has 37 heavy (non-hydrogen) atoms. The van der Waals surface area contributed by atoms with Crippen LogP contribution in [-0.2, 0) is 22.6 Å². The molecule has 1 amide bonds. The normalized spacial score (nSPS) is 16.0. The molecule has 0 radical (unpaired) electrons. The standard InChI is InChI=1S/C29H35FN2O4S/c1-2-13-31(17-24(33)20-35-19-22-7-4-3-5-8-22)18-29(34)32-14-11-28-26(12-15-37-28)27(32)21-36-25-10-6-9-23(30)16-25/h3-10,12,15-16,24,27,33H,2,11,13-14,17-21H2,1H3. The Kier molecular flexibility index (Phi) is 10.1. The third-order valence-corrected chi connectivity index (χ3v) is 7.41. The number of hydrogen-bond donors (Lipinski definition) is 1. The number of hydrogen-bond acceptors (Lipinski definition) is 6. The van der Waals surface area contributed by atoms with Crippen molar-refractivity contribution in [2.45, 2.75) is 38.5 Å². The van der Waals surface area contributed by atoms with Gasteiger partial charge in [0.15, 0.2) is 0 Å². The van der Waals surface area contributed by atoms with Crippen molar-refractivity contribution >= 4 is 17.2 Å². The van der Waals surface area contributed by atoms with Gasteiger partial charge in [-0.25, -0.2) is 4.39 Å². The first-order chi connectivity index (χ1) is 18.0. The lowest BCUT2D eigenvalue weighted by atomic mass is 10.0. The molecule has 8 heteroatoms. The predicted molar refractivity (Wildman–Crippen MR) is 143 cm³/mol. The predicted octanol–water partition coefficient (Wildman–Crippen LogP) is 4.68. The zero-order chi connectivity index (χ0) is 26.0. The molecule has 198 valence electrons. The number of thiophene rings is 1. The number of fused-ring (bicyclic) bond motifs is 1. The number of aliphatic hydroxyl groups excluding tert-OH is 1. The highest BCUT2D eigenvalue weighted by Gasteiger charge is 2.33. The third-order valence-electron chi connectivity index (χ3n) is 6.41. The second-order valence-electron chi connectivity index (χ2n) is 9.31. The fraction of sp³-hybridized carbons (Fsp3) is 0.414. The number of carbonyl (C=O) groups is 1. The van der Waals surface area contributed by atoms with Gasteiger partial charge in [-0.05, 0) is 54.1 Å². The molecule has 1 N–H and O–H groups in total. The highest BCUT2D eigenvalue weighted by molar-refractivity contribution is 7.10. The van der Waals surface area contributed by atoms with Gasteiger partial charge in [0.25, 0.3) is 0 Å². The Bertz CT molecular complexity index is 1130. The lowest BCUT2D eigenvalue weighted by Gasteiger charge is -2.37. The van der Waals surface area contributed by atoms with Crippen LogP contribution in [0.3, 0.4) is 0 Å². The monoisotopic (exact) mass is 526 g/mol. The van der Waals surface area contributed by atoms with Gasteiger partial charge in [-0.2, -0.15) is 0 Å². The fourth-order valence-electron chi connectivity index (χ4n) is 4.68. The average Bonchev–Trinajstić information content (AvgIpc) is 3.37. The Morgan fingerprint density at radius 3 is 2.84 bits per heavy atom. The molecule has 4 rings (SSSR count). The molecular formula is C29H35FN2O4S. The van der Waals surface area contributed by atoms with Gasteiger partial charge in [0.1, 0.15) is 18.2 Å². The van der Waals surface area contributed by atoms with Gasteiger partial charge in [0.2, 0.25) is 5.91 Å². The Morgan fingerprint density at radius 1 is 1.22 bits per heavy atom. The third kappa shape index (κ3) is 7.85. The van der Waals surface area contributed by atoms with Crippen LogP contribution >= 0.6 is 11.3 Å². The van der Waals surface area contributed by atoms with Crippen molar-refractivity contribution in [2.75, 3.05) is 39.4 Å². The van der Waals surface area contributed by atoms with E-state index in [1.165, 1.54) is 17.0 Å². The maximum atomic E-state index is 13.6. The number of halogens is 1. The highest BCUT2D eigenvalue weighted by Crippen LogP contribution is 2.34. The van der Waals surface area contributed by atoms with Gasteiger partial charge >= 0.3 is 0 Å². The highest BCUT2D eigenvalue weighted by atomic mass is 32.1. The van der Waals surface area contributed by atoms with E-state index in [0.717, 1.165) is 24.0 Å². The molecule has 0 saturated carbocycles. The van der Waals surface area contributed by atoms with E-state index < -0.39 is 6.10 Å². The quantitative estimate of drug-likeness (QED) is 0.350. The maximum absolute atomic E-state index is 13.6. The van der Waals surface area contributed by atoms with Crippen molar-refractivity contribution in [1.29, 1.82) is 0 Å². The lowest BCUT2D eigenvalue weighted by Crippen LogP contribution is -2.48. The first-order valence-corrected chi connectivity index (χ1v) is 13.7. The number of aliphatic hydroxyl groups is 1. The van der Waals surface area contributed by atoms with E-state index in [2.05, 4.69) is 13.0 Å². The fourth-order valence-corrected chi connectivity index (χ4v) is 5.61. The van der Waals surface area contributed by atoms with Crippen LogP contribution in [0.1, 0.15) is 35.4 Å². The molecule has 1 aromatic heterocycles. The van der Waals surface area contributed by atoms with E-state index in [9.17, 15) is 14.3 Å². The summed E-state index contributed by atoms with van der Waals surface area (Å²) in [5, 5.41) is 12.6. The van der Waals surface area contributed by atoms with Gasteiger partial charge in [-0.3, -0.25) is 9.69 Å². The molecular weight excluding hydrogens is 491 g/mol. The molecule has 0 spiro atoms. The average molecular weight is 527 g/mol. The second kappa shape index (κ2) is 13.7. The molecule has 0 aliphatic carbocycles. The summed E-state index contributed by atoms with van der Waals surface area (Å²) in [6, 6.07) is 17.7. The molecule has 1 aliphatic rings. The minimum absolute atomic E-state index is 0.00412. The smallest absolute Gasteiger partial charge is 0.237 e.